The van der Waals surface area contributed by atoms with Crippen molar-refractivity contribution in [3.63, 3.8) is 0 Å². The minimum absolute atomic E-state index is 0.987. The van der Waals surface area contributed by atoms with Crippen LogP contribution in [0.2, 0.25) is 0 Å². The van der Waals surface area contributed by atoms with Crippen LogP contribution in [0.5, 0.6) is 0 Å². The van der Waals surface area contributed by atoms with Crippen LogP contribution in [0.15, 0.2) is 24.3 Å². The molecule has 0 atom stereocenters. The second kappa shape index (κ2) is 3.85. The van der Waals surface area contributed by atoms with Gasteiger partial charge in [-0.3, -0.25) is 0 Å². The first-order valence-corrected chi connectivity index (χ1v) is 5.21. The zero-order valence-corrected chi connectivity index (χ0v) is 9.36. The number of para-hydroxylation sites is 1. The molecule has 2 aromatic rings. The number of rotatable bonds is 2. The van der Waals surface area contributed by atoms with Crippen molar-refractivity contribution in [1.29, 1.82) is 0 Å². The van der Waals surface area contributed by atoms with Gasteiger partial charge in [-0.2, -0.15) is 0 Å². The van der Waals surface area contributed by atoms with E-state index < -0.39 is 0 Å². The first kappa shape index (κ1) is 9.90. The smallest absolute Gasteiger partial charge is 0.0830 e. The summed E-state index contributed by atoms with van der Waals surface area (Å²) in [7, 11) is 0. The molecule has 0 spiro atoms. The van der Waals surface area contributed by atoms with Gasteiger partial charge in [-0.15, -0.1) is 5.10 Å². The first-order valence-electron chi connectivity index (χ1n) is 5.21. The molecule has 3 nitrogen and oxygen atoms in total. The van der Waals surface area contributed by atoms with Crippen molar-refractivity contribution < 1.29 is 0 Å². The van der Waals surface area contributed by atoms with E-state index in [1.807, 2.05) is 24.6 Å². The lowest BCUT2D eigenvalue weighted by Gasteiger charge is -2.08. The van der Waals surface area contributed by atoms with Crippen LogP contribution in [0, 0.1) is 13.8 Å². The van der Waals surface area contributed by atoms with Crippen LogP contribution in [0.3, 0.4) is 0 Å². The minimum atomic E-state index is 0.987. The van der Waals surface area contributed by atoms with Gasteiger partial charge >= 0.3 is 0 Å². The molecule has 0 aliphatic rings. The molecule has 15 heavy (non-hydrogen) atoms. The third-order valence-electron chi connectivity index (χ3n) is 2.73. The van der Waals surface area contributed by atoms with E-state index in [1.165, 1.54) is 5.56 Å². The Labute approximate surface area is 89.7 Å². The average Bonchev–Trinajstić information content (AvgIpc) is 2.60. The number of benzene rings is 1. The van der Waals surface area contributed by atoms with Gasteiger partial charge in [-0.25, -0.2) is 4.68 Å². The fourth-order valence-electron chi connectivity index (χ4n) is 1.65. The number of aryl methyl sites for hydroxylation is 2. The van der Waals surface area contributed by atoms with E-state index in [0.717, 1.165) is 23.5 Å². The third-order valence-corrected chi connectivity index (χ3v) is 2.73. The van der Waals surface area contributed by atoms with Crippen molar-refractivity contribution in [2.45, 2.75) is 27.2 Å². The topological polar surface area (TPSA) is 30.7 Å². The Hall–Kier alpha value is -1.64. The summed E-state index contributed by atoms with van der Waals surface area (Å²) in [5.74, 6) is 0. The molecule has 0 aliphatic heterocycles. The molecule has 0 bridgehead atoms. The second-order valence-electron chi connectivity index (χ2n) is 3.65. The molecule has 0 amide bonds. The van der Waals surface area contributed by atoms with Gasteiger partial charge in [0.2, 0.25) is 0 Å². The average molecular weight is 201 g/mol. The van der Waals surface area contributed by atoms with Crippen molar-refractivity contribution >= 4 is 0 Å². The Morgan fingerprint density at radius 3 is 2.53 bits per heavy atom. The number of hydrogen-bond donors (Lipinski definition) is 0. The highest BCUT2D eigenvalue weighted by molar-refractivity contribution is 5.41. The summed E-state index contributed by atoms with van der Waals surface area (Å²) in [6.07, 6.45) is 1.01. The predicted molar refractivity (Wildman–Crippen MR) is 60.2 cm³/mol. The lowest BCUT2D eigenvalue weighted by Crippen LogP contribution is -2.02. The van der Waals surface area contributed by atoms with Gasteiger partial charge in [0.1, 0.15) is 0 Å². The van der Waals surface area contributed by atoms with Crippen molar-refractivity contribution in [3.05, 3.63) is 41.2 Å². The first-order chi connectivity index (χ1) is 7.24. The largest absolute Gasteiger partial charge is 0.217 e. The van der Waals surface area contributed by atoms with Crippen LogP contribution in [0.4, 0.5) is 0 Å². The number of nitrogens with zero attached hydrogens (tertiary/aromatic N) is 3. The molecule has 0 radical (unpaired) electrons. The SMILES string of the molecule is CCc1ccccc1-n1nnc(C)c1C. The van der Waals surface area contributed by atoms with E-state index in [2.05, 4.69) is 35.4 Å². The van der Waals surface area contributed by atoms with Gasteiger partial charge < -0.3 is 0 Å². The number of aromatic nitrogens is 3. The van der Waals surface area contributed by atoms with Gasteiger partial charge in [-0.05, 0) is 31.9 Å². The highest BCUT2D eigenvalue weighted by Gasteiger charge is 2.08. The zero-order chi connectivity index (χ0) is 10.8. The molecule has 0 N–H and O–H groups in total. The fraction of sp³-hybridized carbons (Fsp3) is 0.333. The molecule has 0 unspecified atom stereocenters. The van der Waals surface area contributed by atoms with E-state index in [1.54, 1.807) is 0 Å². The number of hydrogen-bond acceptors (Lipinski definition) is 2. The summed E-state index contributed by atoms with van der Waals surface area (Å²) >= 11 is 0. The monoisotopic (exact) mass is 201 g/mol. The highest BCUT2D eigenvalue weighted by atomic mass is 15.4. The maximum absolute atomic E-state index is 4.16. The Morgan fingerprint density at radius 2 is 1.93 bits per heavy atom. The molecule has 1 aromatic carbocycles. The van der Waals surface area contributed by atoms with Gasteiger partial charge in [-0.1, -0.05) is 30.3 Å². The van der Waals surface area contributed by atoms with Crippen LogP contribution in [0.1, 0.15) is 23.9 Å². The zero-order valence-electron chi connectivity index (χ0n) is 9.36. The Balaban J connectivity index is 2.58. The van der Waals surface area contributed by atoms with Gasteiger partial charge in [0.05, 0.1) is 17.1 Å². The molecular weight excluding hydrogens is 186 g/mol. The quantitative estimate of drug-likeness (QED) is 0.747. The summed E-state index contributed by atoms with van der Waals surface area (Å²) in [6, 6.07) is 8.30. The van der Waals surface area contributed by atoms with E-state index in [0.29, 0.717) is 0 Å². The van der Waals surface area contributed by atoms with E-state index in [4.69, 9.17) is 0 Å². The molecular formula is C12H15N3. The predicted octanol–water partition coefficient (Wildman–Crippen LogP) is 2.45. The third kappa shape index (κ3) is 1.65. The maximum atomic E-state index is 4.16. The molecule has 0 fully saturated rings. The van der Waals surface area contributed by atoms with Gasteiger partial charge in [0.25, 0.3) is 0 Å². The fourth-order valence-corrected chi connectivity index (χ4v) is 1.65. The maximum Gasteiger partial charge on any atom is 0.0830 e. The van der Waals surface area contributed by atoms with Crippen molar-refractivity contribution in [2.24, 2.45) is 0 Å². The van der Waals surface area contributed by atoms with E-state index in [9.17, 15) is 0 Å². The molecule has 2 rings (SSSR count). The summed E-state index contributed by atoms with van der Waals surface area (Å²) in [4.78, 5) is 0. The summed E-state index contributed by atoms with van der Waals surface area (Å²) in [5.41, 5.74) is 4.53. The standard InChI is InChI=1S/C12H15N3/c1-4-11-7-5-6-8-12(11)15-10(3)9(2)13-14-15/h5-8H,4H2,1-3H3. The molecule has 1 heterocycles. The summed E-state index contributed by atoms with van der Waals surface area (Å²) in [6.45, 7) is 6.17. The molecule has 78 valence electrons. The van der Waals surface area contributed by atoms with Crippen molar-refractivity contribution in [2.75, 3.05) is 0 Å². The Morgan fingerprint density at radius 1 is 1.20 bits per heavy atom. The lowest BCUT2D eigenvalue weighted by atomic mass is 10.1. The molecule has 0 aliphatic carbocycles. The molecule has 1 aromatic heterocycles. The molecule has 0 saturated carbocycles. The minimum Gasteiger partial charge on any atom is -0.217 e. The Bertz CT molecular complexity index is 471. The molecule has 3 heteroatoms. The lowest BCUT2D eigenvalue weighted by molar-refractivity contribution is 0.775. The second-order valence-corrected chi connectivity index (χ2v) is 3.65. The van der Waals surface area contributed by atoms with Crippen LogP contribution < -0.4 is 0 Å². The summed E-state index contributed by atoms with van der Waals surface area (Å²) in [5, 5.41) is 8.24. The van der Waals surface area contributed by atoms with Crippen LogP contribution >= 0.6 is 0 Å². The van der Waals surface area contributed by atoms with Crippen LogP contribution in [-0.4, -0.2) is 15.0 Å². The highest BCUT2D eigenvalue weighted by Crippen LogP contribution is 2.16. The van der Waals surface area contributed by atoms with Crippen molar-refractivity contribution in [3.8, 4) is 5.69 Å². The Kier molecular flexibility index (Phi) is 2.54. The van der Waals surface area contributed by atoms with Crippen molar-refractivity contribution in [1.82, 2.24) is 15.0 Å². The molecule has 0 saturated heterocycles. The van der Waals surface area contributed by atoms with Crippen LogP contribution in [-0.2, 0) is 6.42 Å². The normalized spacial score (nSPS) is 10.6. The summed E-state index contributed by atoms with van der Waals surface area (Å²) < 4.78 is 1.91. The van der Waals surface area contributed by atoms with Gasteiger partial charge in [0.15, 0.2) is 0 Å². The van der Waals surface area contributed by atoms with Crippen LogP contribution in [0.25, 0.3) is 5.69 Å². The van der Waals surface area contributed by atoms with Gasteiger partial charge in [0, 0.05) is 0 Å². The van der Waals surface area contributed by atoms with E-state index in [-0.39, 0.29) is 0 Å². The van der Waals surface area contributed by atoms with E-state index >= 15 is 0 Å².